The highest BCUT2D eigenvalue weighted by molar-refractivity contribution is 7.99. The number of thioether (sulfide) groups is 1. The molecule has 0 aliphatic carbocycles. The first kappa shape index (κ1) is 24.4. The Hall–Kier alpha value is -2.68. The van der Waals surface area contributed by atoms with Crippen molar-refractivity contribution in [2.75, 3.05) is 11.1 Å². The monoisotopic (exact) mass is 478 g/mol. The number of carbonyl (C=O) groups is 1. The van der Waals surface area contributed by atoms with Crippen molar-refractivity contribution in [3.05, 3.63) is 95.1 Å². The van der Waals surface area contributed by atoms with E-state index in [-0.39, 0.29) is 24.7 Å². The van der Waals surface area contributed by atoms with Crippen molar-refractivity contribution < 1.29 is 19.4 Å². The van der Waals surface area contributed by atoms with E-state index in [9.17, 15) is 9.90 Å². The number of nitrogens with one attached hydrogen (secondary N) is 1. The van der Waals surface area contributed by atoms with E-state index >= 15 is 0 Å². The smallest absolute Gasteiger partial charge is 0.221 e. The van der Waals surface area contributed by atoms with Crippen LogP contribution in [0.4, 0.5) is 5.69 Å². The maximum Gasteiger partial charge on any atom is 0.221 e. The topological polar surface area (TPSA) is 93.8 Å². The number of carbonyl (C=O) groups excluding carboxylic acids is 1. The van der Waals surface area contributed by atoms with Crippen molar-refractivity contribution in [1.82, 2.24) is 0 Å². The summed E-state index contributed by atoms with van der Waals surface area (Å²) in [4.78, 5) is 12.3. The molecule has 4 rings (SSSR count). The maximum absolute atomic E-state index is 11.2. The van der Waals surface area contributed by atoms with Gasteiger partial charge >= 0.3 is 0 Å². The second-order valence-electron chi connectivity index (χ2n) is 8.31. The van der Waals surface area contributed by atoms with Crippen LogP contribution in [0.2, 0.25) is 0 Å². The van der Waals surface area contributed by atoms with Crippen LogP contribution in [0.25, 0.3) is 0 Å². The SMILES string of the molecule is CC(=O)Nc1ccc(SC[C@@H]2C[C@H](c3ccc(CO)cc3)OC(c3ccc(CN)cc3)O2)cc1. The Labute approximate surface area is 204 Å². The average Bonchev–Trinajstić information content (AvgIpc) is 2.88. The third-order valence-corrected chi connectivity index (χ3v) is 6.86. The summed E-state index contributed by atoms with van der Waals surface area (Å²) >= 11 is 1.72. The Morgan fingerprint density at radius 1 is 0.971 bits per heavy atom. The summed E-state index contributed by atoms with van der Waals surface area (Å²) in [6.45, 7) is 2.01. The molecule has 0 bridgehead atoms. The fraction of sp³-hybridized carbons (Fsp3) is 0.296. The van der Waals surface area contributed by atoms with Gasteiger partial charge in [-0.2, -0.15) is 0 Å². The lowest BCUT2D eigenvalue weighted by Crippen LogP contribution is -2.31. The Bertz CT molecular complexity index is 1020. The first-order valence-corrected chi connectivity index (χ1v) is 12.3. The van der Waals surface area contributed by atoms with E-state index in [0.717, 1.165) is 45.0 Å². The molecule has 34 heavy (non-hydrogen) atoms. The Balaban J connectivity index is 1.48. The van der Waals surface area contributed by atoms with Gasteiger partial charge in [-0.3, -0.25) is 4.79 Å². The van der Waals surface area contributed by atoms with Crippen molar-refractivity contribution in [3.8, 4) is 0 Å². The first-order chi connectivity index (χ1) is 16.5. The molecule has 3 atom stereocenters. The van der Waals surface area contributed by atoms with E-state index in [2.05, 4.69) is 5.32 Å². The largest absolute Gasteiger partial charge is 0.392 e. The number of amides is 1. The molecule has 0 spiro atoms. The van der Waals surface area contributed by atoms with E-state index < -0.39 is 6.29 Å². The third kappa shape index (κ3) is 6.46. The summed E-state index contributed by atoms with van der Waals surface area (Å²) in [6, 6.07) is 23.7. The molecular formula is C27H30N2O4S. The van der Waals surface area contributed by atoms with Crippen molar-refractivity contribution in [3.63, 3.8) is 0 Å². The normalized spacial score (nSPS) is 20.1. The molecule has 6 nitrogen and oxygen atoms in total. The molecule has 1 aliphatic rings. The van der Waals surface area contributed by atoms with Gasteiger partial charge in [-0.05, 0) is 41.0 Å². The van der Waals surface area contributed by atoms with E-state index in [4.69, 9.17) is 15.2 Å². The van der Waals surface area contributed by atoms with Crippen LogP contribution >= 0.6 is 11.8 Å². The van der Waals surface area contributed by atoms with Crippen molar-refractivity contribution in [2.45, 2.75) is 49.9 Å². The van der Waals surface area contributed by atoms with Crippen molar-refractivity contribution >= 4 is 23.4 Å². The molecule has 178 valence electrons. The van der Waals surface area contributed by atoms with Gasteiger partial charge in [-0.1, -0.05) is 48.5 Å². The quantitative estimate of drug-likeness (QED) is 0.397. The molecule has 3 aromatic rings. The Kier molecular flexibility index (Phi) is 8.37. The van der Waals surface area contributed by atoms with Crippen LogP contribution < -0.4 is 11.1 Å². The highest BCUT2D eigenvalue weighted by atomic mass is 32.2. The molecule has 0 radical (unpaired) electrons. The molecule has 7 heteroatoms. The van der Waals surface area contributed by atoms with Crippen LogP contribution in [0, 0.1) is 0 Å². The number of rotatable bonds is 8. The van der Waals surface area contributed by atoms with Crippen LogP contribution in [-0.4, -0.2) is 22.9 Å². The van der Waals surface area contributed by atoms with Crippen LogP contribution in [0.3, 0.4) is 0 Å². The minimum Gasteiger partial charge on any atom is -0.392 e. The van der Waals surface area contributed by atoms with Gasteiger partial charge < -0.3 is 25.6 Å². The number of aliphatic hydroxyl groups excluding tert-OH is 1. The summed E-state index contributed by atoms with van der Waals surface area (Å²) < 4.78 is 12.7. The number of nitrogens with two attached hydrogens (primary N) is 1. The summed E-state index contributed by atoms with van der Waals surface area (Å²) in [5.74, 6) is 0.686. The van der Waals surface area contributed by atoms with Gasteiger partial charge in [0.1, 0.15) is 0 Å². The second-order valence-corrected chi connectivity index (χ2v) is 9.41. The summed E-state index contributed by atoms with van der Waals surface area (Å²) in [5.41, 5.74) is 10.5. The van der Waals surface area contributed by atoms with E-state index in [1.807, 2.05) is 72.8 Å². The lowest BCUT2D eigenvalue weighted by molar-refractivity contribution is -0.245. The minimum atomic E-state index is -0.476. The zero-order valence-corrected chi connectivity index (χ0v) is 20.0. The van der Waals surface area contributed by atoms with Crippen molar-refractivity contribution in [2.24, 2.45) is 5.73 Å². The maximum atomic E-state index is 11.2. The second kappa shape index (κ2) is 11.6. The van der Waals surface area contributed by atoms with E-state index in [1.165, 1.54) is 6.92 Å². The van der Waals surface area contributed by atoms with Crippen LogP contribution in [0.1, 0.15) is 48.0 Å². The fourth-order valence-corrected chi connectivity index (χ4v) is 4.78. The van der Waals surface area contributed by atoms with E-state index in [0.29, 0.717) is 6.54 Å². The van der Waals surface area contributed by atoms with Gasteiger partial charge in [-0.15, -0.1) is 11.8 Å². The molecule has 1 aliphatic heterocycles. The number of benzene rings is 3. The summed E-state index contributed by atoms with van der Waals surface area (Å²) in [5, 5.41) is 12.2. The number of ether oxygens (including phenoxy) is 2. The van der Waals surface area contributed by atoms with Crippen LogP contribution in [0.15, 0.2) is 77.7 Å². The Morgan fingerprint density at radius 3 is 2.24 bits per heavy atom. The molecule has 1 fully saturated rings. The molecule has 4 N–H and O–H groups in total. The van der Waals surface area contributed by atoms with Gasteiger partial charge in [0.15, 0.2) is 6.29 Å². The summed E-state index contributed by atoms with van der Waals surface area (Å²) in [6.07, 6.45) is 0.118. The lowest BCUT2D eigenvalue weighted by Gasteiger charge is -2.36. The van der Waals surface area contributed by atoms with Crippen LogP contribution in [0.5, 0.6) is 0 Å². The van der Waals surface area contributed by atoms with Gasteiger partial charge in [0.05, 0.1) is 18.8 Å². The predicted molar refractivity (Wildman–Crippen MR) is 134 cm³/mol. The molecule has 1 saturated heterocycles. The predicted octanol–water partition coefficient (Wildman–Crippen LogP) is 4.93. The number of hydrogen-bond acceptors (Lipinski definition) is 6. The Morgan fingerprint density at radius 2 is 1.62 bits per heavy atom. The van der Waals surface area contributed by atoms with E-state index in [1.54, 1.807) is 11.8 Å². The minimum absolute atomic E-state index is 0.0181. The van der Waals surface area contributed by atoms with Gasteiger partial charge in [0, 0.05) is 41.8 Å². The summed E-state index contributed by atoms with van der Waals surface area (Å²) in [7, 11) is 0. The van der Waals surface area contributed by atoms with Gasteiger partial charge in [-0.25, -0.2) is 0 Å². The van der Waals surface area contributed by atoms with Gasteiger partial charge in [0.25, 0.3) is 0 Å². The zero-order valence-electron chi connectivity index (χ0n) is 19.1. The standard InChI is InChI=1S/C27H30N2O4S/c1-18(31)29-23-10-12-25(13-11-23)34-17-24-14-26(21-6-4-20(16-30)5-7-21)33-27(32-24)22-8-2-19(15-28)3-9-22/h2-13,24,26-27,30H,14-17,28H2,1H3,(H,29,31)/t24-,26+,27?/m0/s1. The third-order valence-electron chi connectivity index (χ3n) is 5.71. The average molecular weight is 479 g/mol. The molecule has 1 unspecified atom stereocenters. The highest BCUT2D eigenvalue weighted by Crippen LogP contribution is 2.39. The number of anilines is 1. The molecule has 0 aromatic heterocycles. The molecule has 3 aromatic carbocycles. The number of aliphatic hydroxyl groups is 1. The highest BCUT2D eigenvalue weighted by Gasteiger charge is 2.32. The molecule has 1 heterocycles. The zero-order chi connectivity index (χ0) is 23.9. The van der Waals surface area contributed by atoms with Crippen molar-refractivity contribution in [1.29, 1.82) is 0 Å². The fourth-order valence-electron chi connectivity index (χ4n) is 3.86. The van der Waals surface area contributed by atoms with Gasteiger partial charge in [0.2, 0.25) is 5.91 Å². The van der Waals surface area contributed by atoms with Crippen LogP contribution in [-0.2, 0) is 27.4 Å². The first-order valence-electron chi connectivity index (χ1n) is 11.3. The molecule has 0 saturated carbocycles. The molecular weight excluding hydrogens is 448 g/mol. The molecule has 1 amide bonds. The lowest BCUT2D eigenvalue weighted by atomic mass is 10.0. The number of hydrogen-bond donors (Lipinski definition) is 3.